The van der Waals surface area contributed by atoms with Gasteiger partial charge in [-0.2, -0.15) is 0 Å². The third-order valence-electron chi connectivity index (χ3n) is 4.93. The summed E-state index contributed by atoms with van der Waals surface area (Å²) in [5, 5.41) is 0. The quantitative estimate of drug-likeness (QED) is 0.725. The molecule has 0 spiro atoms. The number of thiazole rings is 1. The first kappa shape index (κ1) is 16.3. The zero-order valence-electron chi connectivity index (χ0n) is 14.6. The minimum atomic E-state index is 0.144. The molecule has 0 N–H and O–H groups in total. The Hall–Kier alpha value is -2.18. The lowest BCUT2D eigenvalue weighted by molar-refractivity contribution is 0.0647. The van der Waals surface area contributed by atoms with Crippen molar-refractivity contribution in [2.24, 2.45) is 0 Å². The van der Waals surface area contributed by atoms with Gasteiger partial charge >= 0.3 is 0 Å². The molecule has 0 bridgehead atoms. The smallest absolute Gasteiger partial charge is 0.265 e. The number of carbonyl (C=O) groups is 1. The van der Waals surface area contributed by atoms with Crippen LogP contribution < -0.4 is 0 Å². The molecule has 0 radical (unpaired) electrons. The Labute approximate surface area is 151 Å². The van der Waals surface area contributed by atoms with Crippen molar-refractivity contribution in [1.29, 1.82) is 0 Å². The molecule has 1 aromatic carbocycles. The van der Waals surface area contributed by atoms with Crippen LogP contribution in [0.15, 0.2) is 36.5 Å². The van der Waals surface area contributed by atoms with E-state index in [1.165, 1.54) is 11.3 Å². The summed E-state index contributed by atoms with van der Waals surface area (Å²) in [5.74, 6) is 0.144. The molecule has 0 aliphatic carbocycles. The second kappa shape index (κ2) is 6.61. The Kier molecular flexibility index (Phi) is 4.31. The van der Waals surface area contributed by atoms with Crippen molar-refractivity contribution >= 4 is 22.2 Å². The fraction of sp³-hybridized carbons (Fsp3) is 0.368. The molecule has 4 rings (SSSR count). The standard InChI is InChI=1S/C19H22N4OS/c1-3-21-9-11-22(12-10-21)18(24)17-14(2)23-13-16(20-19(23)25-17)15-7-5-4-6-8-15/h4-8,13H,3,9-12H2,1-2H3. The summed E-state index contributed by atoms with van der Waals surface area (Å²) >= 11 is 1.49. The molecular weight excluding hydrogens is 332 g/mol. The van der Waals surface area contributed by atoms with Crippen molar-refractivity contribution in [3.8, 4) is 11.3 Å². The molecule has 1 aliphatic heterocycles. The number of benzene rings is 1. The van der Waals surface area contributed by atoms with Crippen LogP contribution in [0.1, 0.15) is 22.3 Å². The van der Waals surface area contributed by atoms with E-state index in [4.69, 9.17) is 4.98 Å². The van der Waals surface area contributed by atoms with Crippen molar-refractivity contribution in [2.45, 2.75) is 13.8 Å². The Bertz CT molecular complexity index is 891. The molecule has 130 valence electrons. The molecule has 3 aromatic rings. The molecular formula is C19H22N4OS. The normalized spacial score (nSPS) is 15.8. The summed E-state index contributed by atoms with van der Waals surface area (Å²) in [6.07, 6.45) is 2.03. The summed E-state index contributed by atoms with van der Waals surface area (Å²) in [6, 6.07) is 10.1. The number of carbonyl (C=O) groups excluding carboxylic acids is 1. The summed E-state index contributed by atoms with van der Waals surface area (Å²) in [4.78, 5) is 23.7. The van der Waals surface area contributed by atoms with Gasteiger partial charge in [-0.25, -0.2) is 4.98 Å². The number of likely N-dealkylation sites (N-methyl/N-ethyl adjacent to an activating group) is 1. The van der Waals surface area contributed by atoms with Gasteiger partial charge in [0, 0.05) is 43.6 Å². The second-order valence-electron chi connectivity index (χ2n) is 6.39. The van der Waals surface area contributed by atoms with Crippen LogP contribution >= 0.6 is 11.3 Å². The number of rotatable bonds is 3. The van der Waals surface area contributed by atoms with Gasteiger partial charge < -0.3 is 9.80 Å². The number of nitrogens with zero attached hydrogens (tertiary/aromatic N) is 4. The first-order valence-electron chi connectivity index (χ1n) is 8.73. The Morgan fingerprint density at radius 3 is 2.52 bits per heavy atom. The van der Waals surface area contributed by atoms with Gasteiger partial charge in [0.25, 0.3) is 5.91 Å². The minimum Gasteiger partial charge on any atom is -0.335 e. The van der Waals surface area contributed by atoms with Crippen molar-refractivity contribution in [1.82, 2.24) is 19.2 Å². The maximum absolute atomic E-state index is 12.9. The van der Waals surface area contributed by atoms with Crippen LogP contribution in [0.3, 0.4) is 0 Å². The van der Waals surface area contributed by atoms with Gasteiger partial charge in [-0.3, -0.25) is 9.20 Å². The molecule has 6 heteroatoms. The number of aromatic nitrogens is 2. The van der Waals surface area contributed by atoms with Crippen LogP contribution in [-0.4, -0.2) is 57.8 Å². The second-order valence-corrected chi connectivity index (χ2v) is 7.37. The molecule has 1 saturated heterocycles. The third-order valence-corrected chi connectivity index (χ3v) is 6.07. The largest absolute Gasteiger partial charge is 0.335 e. The predicted octanol–water partition coefficient (Wildman–Crippen LogP) is 3.15. The number of fused-ring (bicyclic) bond motifs is 1. The number of aryl methyl sites for hydroxylation is 1. The lowest BCUT2D eigenvalue weighted by atomic mass is 10.2. The van der Waals surface area contributed by atoms with E-state index < -0.39 is 0 Å². The highest BCUT2D eigenvalue weighted by atomic mass is 32.1. The van der Waals surface area contributed by atoms with Gasteiger partial charge in [-0.05, 0) is 13.5 Å². The van der Waals surface area contributed by atoms with Crippen LogP contribution in [-0.2, 0) is 0 Å². The molecule has 1 fully saturated rings. The maximum atomic E-state index is 12.9. The molecule has 25 heavy (non-hydrogen) atoms. The first-order chi connectivity index (χ1) is 12.2. The van der Waals surface area contributed by atoms with Crippen LogP contribution in [0.4, 0.5) is 0 Å². The predicted molar refractivity (Wildman–Crippen MR) is 101 cm³/mol. The highest BCUT2D eigenvalue weighted by molar-refractivity contribution is 7.19. The zero-order valence-corrected chi connectivity index (χ0v) is 15.4. The van der Waals surface area contributed by atoms with Gasteiger partial charge in [-0.1, -0.05) is 48.6 Å². The molecule has 2 aromatic heterocycles. The van der Waals surface area contributed by atoms with Gasteiger partial charge in [0.2, 0.25) is 0 Å². The SMILES string of the molecule is CCN1CCN(C(=O)c2sc3nc(-c4ccccc4)cn3c2C)CC1. The lowest BCUT2D eigenvalue weighted by Gasteiger charge is -2.33. The summed E-state index contributed by atoms with van der Waals surface area (Å²) < 4.78 is 2.04. The first-order valence-corrected chi connectivity index (χ1v) is 9.54. The minimum absolute atomic E-state index is 0.144. The van der Waals surface area contributed by atoms with E-state index in [0.29, 0.717) is 0 Å². The topological polar surface area (TPSA) is 40.8 Å². The van der Waals surface area contributed by atoms with E-state index >= 15 is 0 Å². The fourth-order valence-electron chi connectivity index (χ4n) is 3.31. The van der Waals surface area contributed by atoms with Crippen molar-refractivity contribution in [3.05, 3.63) is 47.1 Å². The molecule has 1 amide bonds. The van der Waals surface area contributed by atoms with Crippen molar-refractivity contribution < 1.29 is 4.79 Å². The molecule has 1 aliphatic rings. The van der Waals surface area contributed by atoms with Gasteiger partial charge in [0.15, 0.2) is 4.96 Å². The Morgan fingerprint density at radius 1 is 1.16 bits per heavy atom. The molecule has 0 saturated carbocycles. The van der Waals surface area contributed by atoms with Gasteiger partial charge in [0.1, 0.15) is 4.88 Å². The summed E-state index contributed by atoms with van der Waals surface area (Å²) in [6.45, 7) is 8.76. The number of hydrogen-bond donors (Lipinski definition) is 0. The lowest BCUT2D eigenvalue weighted by Crippen LogP contribution is -2.48. The van der Waals surface area contributed by atoms with E-state index in [1.807, 2.05) is 40.6 Å². The fourth-order valence-corrected chi connectivity index (χ4v) is 4.38. The van der Waals surface area contributed by atoms with Gasteiger partial charge in [-0.15, -0.1) is 0 Å². The van der Waals surface area contributed by atoms with E-state index in [0.717, 1.165) is 59.5 Å². The molecule has 0 atom stereocenters. The molecule has 0 unspecified atom stereocenters. The number of hydrogen-bond acceptors (Lipinski definition) is 4. The highest BCUT2D eigenvalue weighted by Crippen LogP contribution is 2.28. The van der Waals surface area contributed by atoms with E-state index in [9.17, 15) is 4.79 Å². The van der Waals surface area contributed by atoms with Crippen LogP contribution in [0.5, 0.6) is 0 Å². The van der Waals surface area contributed by atoms with Crippen LogP contribution in [0.25, 0.3) is 16.2 Å². The third kappa shape index (κ3) is 2.96. The van der Waals surface area contributed by atoms with Crippen molar-refractivity contribution in [2.75, 3.05) is 32.7 Å². The summed E-state index contributed by atoms with van der Waals surface area (Å²) in [5.41, 5.74) is 3.03. The van der Waals surface area contributed by atoms with E-state index in [1.54, 1.807) is 0 Å². The van der Waals surface area contributed by atoms with Crippen molar-refractivity contribution in [3.63, 3.8) is 0 Å². The Morgan fingerprint density at radius 2 is 1.88 bits per heavy atom. The summed E-state index contributed by atoms with van der Waals surface area (Å²) in [7, 11) is 0. The average Bonchev–Trinajstić information content (AvgIpc) is 3.22. The maximum Gasteiger partial charge on any atom is 0.265 e. The van der Waals surface area contributed by atoms with Gasteiger partial charge in [0.05, 0.1) is 5.69 Å². The molecule has 5 nitrogen and oxygen atoms in total. The van der Waals surface area contributed by atoms with Crippen LogP contribution in [0, 0.1) is 6.92 Å². The zero-order chi connectivity index (χ0) is 17.4. The monoisotopic (exact) mass is 354 g/mol. The number of imidazole rings is 1. The Balaban J connectivity index is 1.60. The highest BCUT2D eigenvalue weighted by Gasteiger charge is 2.25. The number of piperazine rings is 1. The number of amides is 1. The average molecular weight is 354 g/mol. The van der Waals surface area contributed by atoms with E-state index in [2.05, 4.69) is 24.0 Å². The van der Waals surface area contributed by atoms with Crippen LogP contribution in [0.2, 0.25) is 0 Å². The van der Waals surface area contributed by atoms with E-state index in [-0.39, 0.29) is 5.91 Å². The molecule has 3 heterocycles.